The molecule has 0 radical (unpaired) electrons. The van der Waals surface area contributed by atoms with Gasteiger partial charge in [0, 0.05) is 13.0 Å². The largest absolute Gasteiger partial charge is 0.487 e. The minimum absolute atomic E-state index is 0.0914. The van der Waals surface area contributed by atoms with Crippen molar-refractivity contribution in [3.63, 3.8) is 0 Å². The van der Waals surface area contributed by atoms with E-state index in [1.807, 2.05) is 0 Å². The number of benzene rings is 1. The van der Waals surface area contributed by atoms with Crippen molar-refractivity contribution in [3.05, 3.63) is 28.8 Å². The molecule has 0 fully saturated rings. The van der Waals surface area contributed by atoms with Gasteiger partial charge in [-0.15, -0.1) is 0 Å². The molecule has 1 aromatic rings. The molecule has 0 atom stereocenters. The highest BCUT2D eigenvalue weighted by molar-refractivity contribution is 5.51. The lowest BCUT2D eigenvalue weighted by atomic mass is 9.91. The van der Waals surface area contributed by atoms with Crippen LogP contribution in [0.2, 0.25) is 0 Å². The van der Waals surface area contributed by atoms with E-state index in [1.165, 1.54) is 16.7 Å². The number of ether oxygens (including phenoxy) is 1. The van der Waals surface area contributed by atoms with Crippen molar-refractivity contribution >= 4 is 0 Å². The Morgan fingerprint density at radius 2 is 2.06 bits per heavy atom. The van der Waals surface area contributed by atoms with E-state index in [9.17, 15) is 0 Å². The zero-order valence-electron chi connectivity index (χ0n) is 11.9. The minimum Gasteiger partial charge on any atom is -0.487 e. The second-order valence-corrected chi connectivity index (χ2v) is 6.14. The summed E-state index contributed by atoms with van der Waals surface area (Å²) in [5.41, 5.74) is 3.89. The van der Waals surface area contributed by atoms with Gasteiger partial charge in [-0.3, -0.25) is 0 Å². The van der Waals surface area contributed by atoms with E-state index in [0.717, 1.165) is 25.0 Å². The molecule has 1 aliphatic heterocycles. The van der Waals surface area contributed by atoms with Crippen LogP contribution < -0.4 is 4.74 Å². The smallest absolute Gasteiger partial charge is 0.126 e. The molecule has 1 aromatic carbocycles. The molecule has 0 unspecified atom stereocenters. The van der Waals surface area contributed by atoms with E-state index in [4.69, 9.17) is 9.84 Å². The summed E-state index contributed by atoms with van der Waals surface area (Å²) in [6.45, 7) is 8.94. The molecule has 0 saturated heterocycles. The molecule has 0 bridgehead atoms. The maximum atomic E-state index is 9.07. The van der Waals surface area contributed by atoms with Gasteiger partial charge in [-0.1, -0.05) is 26.0 Å². The number of aliphatic hydroxyl groups excluding tert-OH is 1. The van der Waals surface area contributed by atoms with Crippen molar-refractivity contribution in [2.45, 2.75) is 58.5 Å². The first-order valence-electron chi connectivity index (χ1n) is 6.89. The Bertz CT molecular complexity index is 433. The monoisotopic (exact) mass is 248 g/mol. The number of hydrogen-bond donors (Lipinski definition) is 1. The predicted octanol–water partition coefficient (Wildman–Crippen LogP) is 3.45. The summed E-state index contributed by atoms with van der Waals surface area (Å²) >= 11 is 0. The molecule has 0 saturated carbocycles. The normalized spacial score (nSPS) is 16.8. The summed E-state index contributed by atoms with van der Waals surface area (Å²) in [5, 5.41) is 9.07. The molecule has 0 aliphatic carbocycles. The fraction of sp³-hybridized carbons (Fsp3) is 0.625. The van der Waals surface area contributed by atoms with Crippen LogP contribution in [0.5, 0.6) is 5.75 Å². The van der Waals surface area contributed by atoms with Crippen LogP contribution >= 0.6 is 0 Å². The first-order chi connectivity index (χ1) is 8.44. The fourth-order valence-electron chi connectivity index (χ4n) is 2.78. The quantitative estimate of drug-likeness (QED) is 0.884. The van der Waals surface area contributed by atoms with Crippen LogP contribution in [0.1, 0.15) is 56.7 Å². The van der Waals surface area contributed by atoms with Gasteiger partial charge in [0.15, 0.2) is 0 Å². The van der Waals surface area contributed by atoms with Gasteiger partial charge in [0.1, 0.15) is 11.4 Å². The van der Waals surface area contributed by atoms with E-state index in [0.29, 0.717) is 5.92 Å². The Kier molecular flexibility index (Phi) is 3.67. The Labute approximate surface area is 110 Å². The molecule has 0 aromatic heterocycles. The molecule has 2 nitrogen and oxygen atoms in total. The Balaban J connectivity index is 2.43. The van der Waals surface area contributed by atoms with Crippen LogP contribution in [0.3, 0.4) is 0 Å². The molecule has 1 aliphatic rings. The molecule has 100 valence electrons. The summed E-state index contributed by atoms with van der Waals surface area (Å²) in [7, 11) is 0. The van der Waals surface area contributed by atoms with Gasteiger partial charge in [-0.05, 0) is 49.3 Å². The second-order valence-electron chi connectivity index (χ2n) is 6.14. The van der Waals surface area contributed by atoms with Gasteiger partial charge in [0.2, 0.25) is 0 Å². The van der Waals surface area contributed by atoms with Crippen molar-refractivity contribution in [1.29, 1.82) is 0 Å². The van der Waals surface area contributed by atoms with Crippen LogP contribution in [-0.2, 0) is 12.8 Å². The van der Waals surface area contributed by atoms with Gasteiger partial charge >= 0.3 is 0 Å². The topological polar surface area (TPSA) is 29.5 Å². The summed E-state index contributed by atoms with van der Waals surface area (Å²) in [5.74, 6) is 1.58. The zero-order chi connectivity index (χ0) is 13.3. The molecule has 18 heavy (non-hydrogen) atoms. The van der Waals surface area contributed by atoms with Crippen molar-refractivity contribution in [3.8, 4) is 5.75 Å². The van der Waals surface area contributed by atoms with Gasteiger partial charge in [-0.2, -0.15) is 0 Å². The molecular formula is C16H24O2. The SMILES string of the molecule is CC(C)c1ccc2c(c1CCCO)OC(C)(C)C2. The third-order valence-corrected chi connectivity index (χ3v) is 3.58. The van der Waals surface area contributed by atoms with Crippen molar-refractivity contribution < 1.29 is 9.84 Å². The zero-order valence-corrected chi connectivity index (χ0v) is 11.9. The third kappa shape index (κ3) is 2.54. The second kappa shape index (κ2) is 4.93. The molecule has 1 heterocycles. The summed E-state index contributed by atoms with van der Waals surface area (Å²) in [6, 6.07) is 4.45. The van der Waals surface area contributed by atoms with Crippen LogP contribution in [0, 0.1) is 0 Å². The Morgan fingerprint density at radius 1 is 1.33 bits per heavy atom. The van der Waals surface area contributed by atoms with Crippen LogP contribution in [0.4, 0.5) is 0 Å². The van der Waals surface area contributed by atoms with Gasteiger partial charge < -0.3 is 9.84 Å². The van der Waals surface area contributed by atoms with Gasteiger partial charge in [0.05, 0.1) is 0 Å². The van der Waals surface area contributed by atoms with Crippen molar-refractivity contribution in [2.24, 2.45) is 0 Å². The minimum atomic E-state index is -0.0914. The standard InChI is InChI=1S/C16H24O2/c1-11(2)13-8-7-12-10-16(3,4)18-15(12)14(13)6-5-9-17/h7-8,11,17H,5-6,9-10H2,1-4H3. The number of rotatable bonds is 4. The molecular weight excluding hydrogens is 224 g/mol. The summed E-state index contributed by atoms with van der Waals surface area (Å²) < 4.78 is 6.13. The van der Waals surface area contributed by atoms with Crippen molar-refractivity contribution in [1.82, 2.24) is 0 Å². The van der Waals surface area contributed by atoms with E-state index >= 15 is 0 Å². The van der Waals surface area contributed by atoms with Crippen molar-refractivity contribution in [2.75, 3.05) is 6.61 Å². The molecule has 2 heteroatoms. The maximum Gasteiger partial charge on any atom is 0.126 e. The number of hydrogen-bond acceptors (Lipinski definition) is 2. The summed E-state index contributed by atoms with van der Waals surface area (Å²) in [4.78, 5) is 0. The fourth-order valence-corrected chi connectivity index (χ4v) is 2.78. The first-order valence-corrected chi connectivity index (χ1v) is 6.89. The Morgan fingerprint density at radius 3 is 2.67 bits per heavy atom. The van der Waals surface area contributed by atoms with E-state index in [2.05, 4.69) is 39.8 Å². The highest BCUT2D eigenvalue weighted by Crippen LogP contribution is 2.41. The molecule has 1 N–H and O–H groups in total. The molecule has 0 amide bonds. The molecule has 2 rings (SSSR count). The lowest BCUT2D eigenvalue weighted by Gasteiger charge is -2.20. The van der Waals surface area contributed by atoms with Crippen LogP contribution in [0.25, 0.3) is 0 Å². The Hall–Kier alpha value is -1.02. The third-order valence-electron chi connectivity index (χ3n) is 3.58. The van der Waals surface area contributed by atoms with E-state index < -0.39 is 0 Å². The van der Waals surface area contributed by atoms with Gasteiger partial charge in [-0.25, -0.2) is 0 Å². The average molecular weight is 248 g/mol. The highest BCUT2D eigenvalue weighted by atomic mass is 16.5. The number of fused-ring (bicyclic) bond motifs is 1. The van der Waals surface area contributed by atoms with Gasteiger partial charge in [0.25, 0.3) is 0 Å². The number of aliphatic hydroxyl groups is 1. The molecule has 0 spiro atoms. The lowest BCUT2D eigenvalue weighted by Crippen LogP contribution is -2.25. The predicted molar refractivity (Wildman–Crippen MR) is 74.3 cm³/mol. The van der Waals surface area contributed by atoms with E-state index in [1.54, 1.807) is 0 Å². The highest BCUT2D eigenvalue weighted by Gasteiger charge is 2.32. The summed E-state index contributed by atoms with van der Waals surface area (Å²) in [6.07, 6.45) is 2.69. The average Bonchev–Trinajstić information content (AvgIpc) is 2.59. The van der Waals surface area contributed by atoms with Crippen LogP contribution in [0.15, 0.2) is 12.1 Å². The first kappa shape index (κ1) is 13.4. The lowest BCUT2D eigenvalue weighted by molar-refractivity contribution is 0.137. The van der Waals surface area contributed by atoms with E-state index in [-0.39, 0.29) is 12.2 Å². The van der Waals surface area contributed by atoms with Crippen LogP contribution in [-0.4, -0.2) is 17.3 Å². The maximum absolute atomic E-state index is 9.07.